The van der Waals surface area contributed by atoms with Gasteiger partial charge in [-0.25, -0.2) is 4.99 Å². The molecule has 51 heavy (non-hydrogen) atoms. The third kappa shape index (κ3) is 4.91. The van der Waals surface area contributed by atoms with Gasteiger partial charge in [0.15, 0.2) is 5.84 Å². The highest BCUT2D eigenvalue weighted by Crippen LogP contribution is 2.63. The van der Waals surface area contributed by atoms with Crippen LogP contribution in [0.5, 0.6) is 0 Å². The normalized spacial score (nSPS) is 14.1. The molecule has 0 amide bonds. The first kappa shape index (κ1) is 30.5. The average Bonchev–Trinajstić information content (AvgIpc) is 3.47. The first-order valence-electron chi connectivity index (χ1n) is 17.4. The molecule has 2 N–H and O–H groups in total. The van der Waals surface area contributed by atoms with Crippen molar-refractivity contribution in [2.75, 3.05) is 4.90 Å². The maximum Gasteiger partial charge on any atom is 0.157 e. The van der Waals surface area contributed by atoms with Gasteiger partial charge in [0, 0.05) is 16.8 Å². The quantitative estimate of drug-likeness (QED) is 0.148. The van der Waals surface area contributed by atoms with Crippen molar-refractivity contribution in [2.24, 2.45) is 15.7 Å². The van der Waals surface area contributed by atoms with Crippen LogP contribution in [0.1, 0.15) is 44.5 Å². The lowest BCUT2D eigenvalue weighted by Gasteiger charge is -2.45. The standard InChI is InChI=1S/C47H36N4/c1-32-28-29-38-37(30-32)44-36(45(48)50-46(34-18-7-3-8-19-34)49-31-33-16-5-2-6-17-33)22-15-25-41(44)47(38)39-23-11-13-26-42(39)51(35-20-9-4-10-21-35)43-27-14-12-24-40(43)47/h2-30H,31H2,1H3,(H2,48,49,50). The third-order valence-electron chi connectivity index (χ3n) is 10.2. The molecule has 0 saturated carbocycles. The summed E-state index contributed by atoms with van der Waals surface area (Å²) in [6, 6.07) is 62.1. The molecule has 0 aromatic heterocycles. The SMILES string of the molecule is Cc1ccc2c(c1)-c1c(C(N)=NC(=NCc3ccccc3)c3ccccc3)cccc1C21c2ccccc2N(c2ccccc2)c2ccccc21. The number of aliphatic imine (C=N–C) groups is 2. The number of amidine groups is 2. The molecule has 1 heterocycles. The molecule has 4 heteroatoms. The molecule has 2 aliphatic rings. The number of aryl methyl sites for hydroxylation is 1. The first-order valence-corrected chi connectivity index (χ1v) is 17.4. The summed E-state index contributed by atoms with van der Waals surface area (Å²) in [5, 5.41) is 0. The van der Waals surface area contributed by atoms with Crippen LogP contribution < -0.4 is 10.6 Å². The van der Waals surface area contributed by atoms with E-state index in [4.69, 9.17) is 15.7 Å². The van der Waals surface area contributed by atoms with Crippen molar-refractivity contribution in [2.45, 2.75) is 18.9 Å². The molecule has 7 aromatic rings. The zero-order valence-electron chi connectivity index (χ0n) is 28.4. The van der Waals surface area contributed by atoms with Crippen molar-refractivity contribution >= 4 is 28.7 Å². The first-order chi connectivity index (χ1) is 25.1. The van der Waals surface area contributed by atoms with Crippen LogP contribution in [-0.2, 0) is 12.0 Å². The number of nitrogens with zero attached hydrogens (tertiary/aromatic N) is 3. The van der Waals surface area contributed by atoms with Gasteiger partial charge in [-0.1, -0.05) is 157 Å². The van der Waals surface area contributed by atoms with Gasteiger partial charge < -0.3 is 10.6 Å². The minimum Gasteiger partial charge on any atom is -0.383 e. The molecule has 0 unspecified atom stereocenters. The summed E-state index contributed by atoms with van der Waals surface area (Å²) in [6.45, 7) is 2.67. The highest BCUT2D eigenvalue weighted by molar-refractivity contribution is 6.14. The van der Waals surface area contributed by atoms with Crippen LogP contribution in [0.2, 0.25) is 0 Å². The fourth-order valence-electron chi connectivity index (χ4n) is 8.09. The van der Waals surface area contributed by atoms with E-state index in [-0.39, 0.29) is 0 Å². The van der Waals surface area contributed by atoms with Crippen molar-refractivity contribution in [1.29, 1.82) is 0 Å². The number of hydrogen-bond acceptors (Lipinski definition) is 2. The molecule has 7 aromatic carbocycles. The molecular weight excluding hydrogens is 621 g/mol. The molecule has 9 rings (SSSR count). The van der Waals surface area contributed by atoms with Crippen molar-refractivity contribution in [3.8, 4) is 11.1 Å². The van der Waals surface area contributed by atoms with Crippen LogP contribution in [0.15, 0.2) is 186 Å². The largest absolute Gasteiger partial charge is 0.383 e. The molecule has 0 atom stereocenters. The summed E-state index contributed by atoms with van der Waals surface area (Å²) in [5.74, 6) is 1.05. The van der Waals surface area contributed by atoms with Gasteiger partial charge in [0.1, 0.15) is 5.84 Å². The topological polar surface area (TPSA) is 54.0 Å². The van der Waals surface area contributed by atoms with Crippen LogP contribution in [0.25, 0.3) is 11.1 Å². The smallest absolute Gasteiger partial charge is 0.157 e. The Balaban J connectivity index is 1.29. The van der Waals surface area contributed by atoms with E-state index in [1.54, 1.807) is 0 Å². The Kier molecular flexibility index (Phi) is 7.44. The second kappa shape index (κ2) is 12.4. The van der Waals surface area contributed by atoms with E-state index < -0.39 is 5.41 Å². The molecule has 1 spiro atoms. The van der Waals surface area contributed by atoms with Gasteiger partial charge in [-0.2, -0.15) is 0 Å². The average molecular weight is 657 g/mol. The van der Waals surface area contributed by atoms with Crippen LogP contribution in [0.3, 0.4) is 0 Å². The van der Waals surface area contributed by atoms with Crippen molar-refractivity contribution in [3.63, 3.8) is 0 Å². The van der Waals surface area contributed by atoms with E-state index in [2.05, 4.69) is 139 Å². The molecule has 1 aliphatic heterocycles. The number of anilines is 3. The molecule has 0 radical (unpaired) electrons. The van der Waals surface area contributed by atoms with E-state index in [0.29, 0.717) is 18.2 Å². The van der Waals surface area contributed by atoms with Crippen LogP contribution in [-0.4, -0.2) is 11.7 Å². The second-order valence-corrected chi connectivity index (χ2v) is 13.2. The van der Waals surface area contributed by atoms with E-state index in [0.717, 1.165) is 39.3 Å². The zero-order valence-corrected chi connectivity index (χ0v) is 28.4. The number of hydrogen-bond donors (Lipinski definition) is 1. The predicted octanol–water partition coefficient (Wildman–Crippen LogP) is 10.5. The molecule has 1 aliphatic carbocycles. The Labute approximate surface area is 298 Å². The highest BCUT2D eigenvalue weighted by atomic mass is 15.2. The maximum absolute atomic E-state index is 7.14. The number of fused-ring (bicyclic) bond motifs is 9. The summed E-state index contributed by atoms with van der Waals surface area (Å²) in [7, 11) is 0. The monoisotopic (exact) mass is 656 g/mol. The lowest BCUT2D eigenvalue weighted by molar-refractivity contribution is 0.752. The zero-order chi connectivity index (χ0) is 34.4. The van der Waals surface area contributed by atoms with Crippen LogP contribution in [0, 0.1) is 6.92 Å². The summed E-state index contributed by atoms with van der Waals surface area (Å²) in [4.78, 5) is 12.5. The lowest BCUT2D eigenvalue weighted by atomic mass is 9.64. The third-order valence-corrected chi connectivity index (χ3v) is 10.2. The minimum atomic E-state index is -0.573. The fourth-order valence-corrected chi connectivity index (χ4v) is 8.09. The van der Waals surface area contributed by atoms with Crippen molar-refractivity contribution in [1.82, 2.24) is 0 Å². The lowest BCUT2D eigenvalue weighted by Crippen LogP contribution is -2.36. The van der Waals surface area contributed by atoms with Gasteiger partial charge in [-0.3, -0.25) is 4.99 Å². The van der Waals surface area contributed by atoms with Gasteiger partial charge in [0.25, 0.3) is 0 Å². The van der Waals surface area contributed by atoms with Gasteiger partial charge >= 0.3 is 0 Å². The summed E-state index contributed by atoms with van der Waals surface area (Å²) in [5.41, 5.74) is 21.4. The maximum atomic E-state index is 7.14. The number of benzene rings is 7. The fraction of sp³-hybridized carbons (Fsp3) is 0.0638. The van der Waals surface area contributed by atoms with Gasteiger partial charge in [0.2, 0.25) is 0 Å². The van der Waals surface area contributed by atoms with E-state index in [1.807, 2.05) is 48.5 Å². The Morgan fingerprint density at radius 3 is 1.86 bits per heavy atom. The Bertz CT molecular complexity index is 2420. The number of nitrogens with two attached hydrogens (primary N) is 1. The van der Waals surface area contributed by atoms with E-state index >= 15 is 0 Å². The number of rotatable bonds is 5. The molecule has 0 fully saturated rings. The number of para-hydroxylation sites is 3. The Hall–Kier alpha value is -6.52. The van der Waals surface area contributed by atoms with Crippen molar-refractivity contribution < 1.29 is 0 Å². The van der Waals surface area contributed by atoms with Crippen LogP contribution in [0.4, 0.5) is 17.1 Å². The van der Waals surface area contributed by atoms with Crippen LogP contribution >= 0.6 is 0 Å². The molecule has 0 saturated heterocycles. The van der Waals surface area contributed by atoms with Gasteiger partial charge in [-0.15, -0.1) is 0 Å². The summed E-state index contributed by atoms with van der Waals surface area (Å²) < 4.78 is 0. The van der Waals surface area contributed by atoms with Gasteiger partial charge in [-0.05, 0) is 70.1 Å². The summed E-state index contributed by atoms with van der Waals surface area (Å²) >= 11 is 0. The predicted molar refractivity (Wildman–Crippen MR) is 211 cm³/mol. The highest BCUT2D eigenvalue weighted by Gasteiger charge is 2.52. The Morgan fingerprint density at radius 1 is 0.588 bits per heavy atom. The molecule has 244 valence electrons. The van der Waals surface area contributed by atoms with E-state index in [1.165, 1.54) is 33.4 Å². The minimum absolute atomic E-state index is 0.440. The molecule has 4 nitrogen and oxygen atoms in total. The second-order valence-electron chi connectivity index (χ2n) is 13.2. The van der Waals surface area contributed by atoms with E-state index in [9.17, 15) is 0 Å². The van der Waals surface area contributed by atoms with Gasteiger partial charge in [0.05, 0.1) is 23.3 Å². The van der Waals surface area contributed by atoms with Crippen molar-refractivity contribution in [3.05, 3.63) is 220 Å². The summed E-state index contributed by atoms with van der Waals surface area (Å²) in [6.07, 6.45) is 0. The molecule has 0 bridgehead atoms. The Morgan fingerprint density at radius 2 is 1.18 bits per heavy atom. The molecular formula is C47H36N4.